The number of rotatable bonds is 5. The summed E-state index contributed by atoms with van der Waals surface area (Å²) >= 11 is 0. The van der Waals surface area contributed by atoms with Crippen LogP contribution in [0.15, 0.2) is 42.5 Å². The van der Waals surface area contributed by atoms with E-state index < -0.39 is 23.6 Å². The lowest BCUT2D eigenvalue weighted by Crippen LogP contribution is -2.16. The van der Waals surface area contributed by atoms with Crippen molar-refractivity contribution in [2.24, 2.45) is 0 Å². The third kappa shape index (κ3) is 4.07. The summed E-state index contributed by atoms with van der Waals surface area (Å²) in [5.74, 6) is -1.52. The molecule has 0 spiro atoms. The Morgan fingerprint density at radius 3 is 2.29 bits per heavy atom. The molecule has 0 bridgehead atoms. The van der Waals surface area contributed by atoms with Crippen molar-refractivity contribution >= 4 is 5.97 Å². The number of aryl methyl sites for hydroxylation is 1. The zero-order chi connectivity index (χ0) is 17.9. The van der Waals surface area contributed by atoms with Crippen LogP contribution in [0.3, 0.4) is 0 Å². The molecule has 0 aromatic heterocycles. The van der Waals surface area contributed by atoms with Gasteiger partial charge in [0.2, 0.25) is 0 Å². The van der Waals surface area contributed by atoms with Crippen molar-refractivity contribution in [1.29, 1.82) is 0 Å². The first-order chi connectivity index (χ1) is 11.2. The topological polar surface area (TPSA) is 46.5 Å². The van der Waals surface area contributed by atoms with Gasteiger partial charge in [-0.25, -0.2) is 0 Å². The van der Waals surface area contributed by atoms with Crippen molar-refractivity contribution in [2.45, 2.75) is 25.4 Å². The van der Waals surface area contributed by atoms with E-state index in [2.05, 4.69) is 0 Å². The van der Waals surface area contributed by atoms with E-state index in [1.54, 1.807) is 18.2 Å². The highest BCUT2D eigenvalue weighted by atomic mass is 19.4. The summed E-state index contributed by atoms with van der Waals surface area (Å²) in [7, 11) is 1.45. The number of carboxylic acids is 1. The minimum atomic E-state index is -4.41. The van der Waals surface area contributed by atoms with Crippen molar-refractivity contribution < 1.29 is 27.8 Å². The summed E-state index contributed by atoms with van der Waals surface area (Å²) in [6.45, 7) is 1.83. The van der Waals surface area contributed by atoms with Gasteiger partial charge < -0.3 is 9.84 Å². The Hall–Kier alpha value is -2.50. The molecule has 0 saturated heterocycles. The van der Waals surface area contributed by atoms with Crippen molar-refractivity contribution in [2.75, 3.05) is 7.11 Å². The maximum Gasteiger partial charge on any atom is 0.416 e. The third-order valence-electron chi connectivity index (χ3n) is 3.78. The van der Waals surface area contributed by atoms with E-state index in [-0.39, 0.29) is 6.42 Å². The fourth-order valence-corrected chi connectivity index (χ4v) is 2.52. The van der Waals surface area contributed by atoms with Crippen LogP contribution in [-0.2, 0) is 17.4 Å². The number of benzene rings is 2. The first-order valence-corrected chi connectivity index (χ1v) is 7.26. The van der Waals surface area contributed by atoms with E-state index in [1.807, 2.05) is 6.92 Å². The number of ether oxygens (including phenoxy) is 1. The summed E-state index contributed by atoms with van der Waals surface area (Å²) in [5.41, 5.74) is 1.14. The Morgan fingerprint density at radius 1 is 1.17 bits per heavy atom. The zero-order valence-corrected chi connectivity index (χ0v) is 13.2. The zero-order valence-electron chi connectivity index (χ0n) is 13.2. The molecule has 0 radical (unpaired) electrons. The minimum Gasteiger partial charge on any atom is -0.496 e. The van der Waals surface area contributed by atoms with Gasteiger partial charge in [0.05, 0.1) is 18.6 Å². The Bertz CT molecular complexity index is 721. The number of alkyl halides is 3. The Morgan fingerprint density at radius 2 is 1.79 bits per heavy atom. The van der Waals surface area contributed by atoms with Crippen LogP contribution in [0.4, 0.5) is 13.2 Å². The van der Waals surface area contributed by atoms with Crippen LogP contribution < -0.4 is 4.74 Å². The number of hydrogen-bond acceptors (Lipinski definition) is 2. The number of carbonyl (C=O) groups is 1. The molecule has 0 heterocycles. The van der Waals surface area contributed by atoms with Crippen molar-refractivity contribution in [3.63, 3.8) is 0 Å². The Balaban J connectivity index is 2.33. The molecule has 1 unspecified atom stereocenters. The molecular weight excluding hydrogens is 321 g/mol. The molecule has 0 aliphatic carbocycles. The molecular formula is C18H17F3O3. The molecule has 0 amide bonds. The predicted octanol–water partition coefficient (Wildman–Crippen LogP) is 4.43. The van der Waals surface area contributed by atoms with Crippen molar-refractivity contribution in [3.8, 4) is 5.75 Å². The largest absolute Gasteiger partial charge is 0.496 e. The van der Waals surface area contributed by atoms with E-state index in [4.69, 9.17) is 4.74 Å². The summed E-state index contributed by atoms with van der Waals surface area (Å²) in [5, 5.41) is 9.55. The quantitative estimate of drug-likeness (QED) is 0.877. The normalized spacial score (nSPS) is 12.7. The molecule has 0 saturated carbocycles. The highest BCUT2D eigenvalue weighted by Gasteiger charge is 2.30. The van der Waals surface area contributed by atoms with Crippen molar-refractivity contribution in [1.82, 2.24) is 0 Å². The van der Waals surface area contributed by atoms with Crippen LogP contribution in [0.25, 0.3) is 0 Å². The standard InChI is InChI=1S/C18H17F3O3/c1-11-3-8-16(24-2)14(9-11)15(17(22)23)10-12-4-6-13(7-5-12)18(19,20)21/h3-9,15H,10H2,1-2H3,(H,22,23). The second-order valence-electron chi connectivity index (χ2n) is 5.54. The average Bonchev–Trinajstić information content (AvgIpc) is 2.52. The van der Waals surface area contributed by atoms with Gasteiger partial charge in [0, 0.05) is 5.56 Å². The average molecular weight is 338 g/mol. The molecule has 1 atom stereocenters. The van der Waals surface area contributed by atoms with Crippen LogP contribution in [-0.4, -0.2) is 18.2 Å². The van der Waals surface area contributed by atoms with Gasteiger partial charge >= 0.3 is 12.1 Å². The second-order valence-corrected chi connectivity index (χ2v) is 5.54. The van der Waals surface area contributed by atoms with Crippen LogP contribution in [0, 0.1) is 6.92 Å². The monoisotopic (exact) mass is 338 g/mol. The van der Waals surface area contributed by atoms with Gasteiger partial charge in [0.25, 0.3) is 0 Å². The molecule has 24 heavy (non-hydrogen) atoms. The highest BCUT2D eigenvalue weighted by Crippen LogP contribution is 2.32. The SMILES string of the molecule is COc1ccc(C)cc1C(Cc1ccc(C(F)(F)F)cc1)C(=O)O. The first kappa shape index (κ1) is 17.8. The number of methoxy groups -OCH3 is 1. The van der Waals surface area contributed by atoms with Gasteiger partial charge in [0.15, 0.2) is 0 Å². The lowest BCUT2D eigenvalue weighted by molar-refractivity contribution is -0.139. The maximum atomic E-state index is 12.6. The summed E-state index contributed by atoms with van der Waals surface area (Å²) in [6.07, 6.45) is -4.34. The van der Waals surface area contributed by atoms with Crippen molar-refractivity contribution in [3.05, 3.63) is 64.7 Å². The molecule has 2 aromatic rings. The Labute approximate surface area is 137 Å². The van der Waals surface area contributed by atoms with Gasteiger partial charge in [-0.15, -0.1) is 0 Å². The highest BCUT2D eigenvalue weighted by molar-refractivity contribution is 5.77. The fourth-order valence-electron chi connectivity index (χ4n) is 2.52. The van der Waals surface area contributed by atoms with Gasteiger partial charge in [0.1, 0.15) is 5.75 Å². The molecule has 1 N–H and O–H groups in total. The minimum absolute atomic E-state index is 0.0767. The third-order valence-corrected chi connectivity index (χ3v) is 3.78. The lowest BCUT2D eigenvalue weighted by atomic mass is 9.90. The number of carboxylic acid groups (broad SMARTS) is 1. The van der Waals surface area contributed by atoms with Gasteiger partial charge in [-0.05, 0) is 37.1 Å². The van der Waals surface area contributed by atoms with E-state index in [0.29, 0.717) is 16.9 Å². The first-order valence-electron chi connectivity index (χ1n) is 7.26. The van der Waals surface area contributed by atoms with Crippen LogP contribution in [0.5, 0.6) is 5.75 Å². The molecule has 3 nitrogen and oxygen atoms in total. The van der Waals surface area contributed by atoms with Crippen LogP contribution in [0.2, 0.25) is 0 Å². The maximum absolute atomic E-state index is 12.6. The van der Waals surface area contributed by atoms with Gasteiger partial charge in [-0.3, -0.25) is 4.79 Å². The van der Waals surface area contributed by atoms with Gasteiger partial charge in [-0.2, -0.15) is 13.2 Å². The van der Waals surface area contributed by atoms with Crippen LogP contribution >= 0.6 is 0 Å². The van der Waals surface area contributed by atoms with Gasteiger partial charge in [-0.1, -0.05) is 29.8 Å². The molecule has 128 valence electrons. The summed E-state index contributed by atoms with van der Waals surface area (Å²) in [4.78, 5) is 11.7. The fraction of sp³-hybridized carbons (Fsp3) is 0.278. The van der Waals surface area contributed by atoms with E-state index in [0.717, 1.165) is 17.7 Å². The molecule has 6 heteroatoms. The summed E-state index contributed by atoms with van der Waals surface area (Å²) < 4.78 is 43.0. The molecule has 0 aliphatic rings. The second kappa shape index (κ2) is 6.95. The molecule has 2 rings (SSSR count). The van der Waals surface area contributed by atoms with E-state index in [1.165, 1.54) is 19.2 Å². The van der Waals surface area contributed by atoms with E-state index in [9.17, 15) is 23.1 Å². The number of aliphatic carboxylic acids is 1. The van der Waals surface area contributed by atoms with E-state index >= 15 is 0 Å². The summed E-state index contributed by atoms with van der Waals surface area (Å²) in [6, 6.07) is 9.75. The molecule has 0 fully saturated rings. The number of halogens is 3. The van der Waals surface area contributed by atoms with Crippen LogP contribution in [0.1, 0.15) is 28.2 Å². The lowest BCUT2D eigenvalue weighted by Gasteiger charge is -2.17. The Kier molecular flexibility index (Phi) is 5.17. The molecule has 2 aromatic carbocycles. The smallest absolute Gasteiger partial charge is 0.416 e. The predicted molar refractivity (Wildman–Crippen MR) is 83.3 cm³/mol. The molecule has 0 aliphatic heterocycles. The number of hydrogen-bond donors (Lipinski definition) is 1.